The van der Waals surface area contributed by atoms with Gasteiger partial charge in [-0.05, 0) is 37.1 Å². The highest BCUT2D eigenvalue weighted by atomic mass is 79.9. The van der Waals surface area contributed by atoms with E-state index in [1.165, 1.54) is 11.1 Å². The van der Waals surface area contributed by atoms with Gasteiger partial charge in [-0.1, -0.05) is 40.2 Å². The fraction of sp³-hybridized carbons (Fsp3) is 0.273. The molecular weight excluding hydrogens is 226 g/mol. The van der Waals surface area contributed by atoms with E-state index in [9.17, 15) is 0 Å². The van der Waals surface area contributed by atoms with Gasteiger partial charge in [0.15, 0.2) is 0 Å². The second-order valence-corrected chi connectivity index (χ2v) is 3.86. The fourth-order valence-corrected chi connectivity index (χ4v) is 1.70. The van der Waals surface area contributed by atoms with E-state index < -0.39 is 0 Å². The third-order valence-electron chi connectivity index (χ3n) is 1.79. The van der Waals surface area contributed by atoms with Crippen LogP contribution in [0, 0.1) is 6.92 Å². The minimum atomic E-state index is 0.708. The molecule has 0 saturated heterocycles. The zero-order valence-electron chi connectivity index (χ0n) is 7.76. The van der Waals surface area contributed by atoms with Crippen molar-refractivity contribution in [2.75, 3.05) is 6.54 Å². The molecule has 0 atom stereocenters. The molecule has 0 aliphatic heterocycles. The molecule has 0 aromatic heterocycles. The number of benzene rings is 1. The van der Waals surface area contributed by atoms with Crippen molar-refractivity contribution in [3.05, 3.63) is 39.9 Å². The summed E-state index contributed by atoms with van der Waals surface area (Å²) in [5, 5.41) is 0. The monoisotopic (exact) mass is 239 g/mol. The van der Waals surface area contributed by atoms with Gasteiger partial charge >= 0.3 is 0 Å². The number of halogens is 1. The summed E-state index contributed by atoms with van der Waals surface area (Å²) in [6.45, 7) is 2.79. The van der Waals surface area contributed by atoms with Crippen molar-refractivity contribution in [2.24, 2.45) is 5.73 Å². The van der Waals surface area contributed by atoms with Crippen molar-refractivity contribution in [2.45, 2.75) is 13.3 Å². The Kier molecular flexibility index (Phi) is 4.19. The first kappa shape index (κ1) is 10.5. The standard InChI is InChI=1S/C11H14BrN/c1-9-5-6-10(11(12)8-9)4-2-3-7-13/h2,4-6,8H,3,7,13H2,1H3/b4-2+. The molecule has 0 aliphatic carbocycles. The maximum Gasteiger partial charge on any atom is 0.0250 e. The number of rotatable bonds is 3. The Morgan fingerprint density at radius 1 is 1.46 bits per heavy atom. The Labute approximate surface area is 87.8 Å². The van der Waals surface area contributed by atoms with Gasteiger partial charge in [0.25, 0.3) is 0 Å². The van der Waals surface area contributed by atoms with E-state index in [1.807, 2.05) is 0 Å². The SMILES string of the molecule is Cc1ccc(/C=C/CCN)c(Br)c1. The van der Waals surface area contributed by atoms with E-state index in [-0.39, 0.29) is 0 Å². The van der Waals surface area contributed by atoms with Crippen LogP contribution in [0.3, 0.4) is 0 Å². The lowest BCUT2D eigenvalue weighted by molar-refractivity contribution is 1.01. The Hall–Kier alpha value is -0.600. The molecule has 0 amide bonds. The quantitative estimate of drug-likeness (QED) is 0.863. The minimum Gasteiger partial charge on any atom is -0.330 e. The summed E-state index contributed by atoms with van der Waals surface area (Å²) in [5.41, 5.74) is 7.87. The normalized spacial score (nSPS) is 11.0. The van der Waals surface area contributed by atoms with Crippen molar-refractivity contribution in [1.82, 2.24) is 0 Å². The molecule has 1 aromatic rings. The summed E-state index contributed by atoms with van der Waals surface area (Å²) in [6.07, 6.45) is 5.12. The third-order valence-corrected chi connectivity index (χ3v) is 2.47. The van der Waals surface area contributed by atoms with Crippen molar-refractivity contribution in [3.8, 4) is 0 Å². The molecule has 0 radical (unpaired) electrons. The van der Waals surface area contributed by atoms with Gasteiger partial charge in [0.05, 0.1) is 0 Å². The van der Waals surface area contributed by atoms with Crippen LogP contribution in [-0.2, 0) is 0 Å². The highest BCUT2D eigenvalue weighted by Crippen LogP contribution is 2.19. The molecule has 70 valence electrons. The molecule has 0 unspecified atom stereocenters. The van der Waals surface area contributed by atoms with Gasteiger partial charge in [0, 0.05) is 4.47 Å². The summed E-state index contributed by atoms with van der Waals surface area (Å²) in [6, 6.07) is 6.32. The van der Waals surface area contributed by atoms with Gasteiger partial charge in [0.2, 0.25) is 0 Å². The van der Waals surface area contributed by atoms with Crippen molar-refractivity contribution in [3.63, 3.8) is 0 Å². The second kappa shape index (κ2) is 5.20. The molecule has 0 fully saturated rings. The number of hydrogen-bond donors (Lipinski definition) is 1. The zero-order valence-corrected chi connectivity index (χ0v) is 9.34. The van der Waals surface area contributed by atoms with Crippen LogP contribution >= 0.6 is 15.9 Å². The lowest BCUT2D eigenvalue weighted by atomic mass is 10.1. The summed E-state index contributed by atoms with van der Waals surface area (Å²) in [7, 11) is 0. The molecule has 0 spiro atoms. The average Bonchev–Trinajstić information content (AvgIpc) is 2.09. The summed E-state index contributed by atoms with van der Waals surface area (Å²) in [4.78, 5) is 0. The van der Waals surface area contributed by atoms with Crippen molar-refractivity contribution in [1.29, 1.82) is 0 Å². The fourth-order valence-electron chi connectivity index (χ4n) is 1.07. The predicted molar refractivity (Wildman–Crippen MR) is 61.6 cm³/mol. The van der Waals surface area contributed by atoms with Crippen LogP contribution in [-0.4, -0.2) is 6.54 Å². The van der Waals surface area contributed by atoms with Crippen LogP contribution < -0.4 is 5.73 Å². The lowest BCUT2D eigenvalue weighted by Crippen LogP contribution is -1.94. The molecular formula is C11H14BrN. The van der Waals surface area contributed by atoms with Gasteiger partial charge in [-0.15, -0.1) is 0 Å². The molecule has 2 heteroatoms. The second-order valence-electron chi connectivity index (χ2n) is 3.00. The zero-order chi connectivity index (χ0) is 9.68. The minimum absolute atomic E-state index is 0.708. The first-order valence-electron chi connectivity index (χ1n) is 4.37. The molecule has 1 nitrogen and oxygen atoms in total. The average molecular weight is 240 g/mol. The van der Waals surface area contributed by atoms with Gasteiger partial charge in [-0.3, -0.25) is 0 Å². The van der Waals surface area contributed by atoms with Crippen LogP contribution in [0.4, 0.5) is 0 Å². The van der Waals surface area contributed by atoms with Crippen LogP contribution in [0.1, 0.15) is 17.5 Å². The number of aryl methyl sites for hydroxylation is 1. The smallest absolute Gasteiger partial charge is 0.0250 e. The molecule has 0 saturated carbocycles. The highest BCUT2D eigenvalue weighted by molar-refractivity contribution is 9.10. The van der Waals surface area contributed by atoms with Crippen LogP contribution in [0.25, 0.3) is 6.08 Å². The lowest BCUT2D eigenvalue weighted by Gasteiger charge is -1.99. The summed E-state index contributed by atoms with van der Waals surface area (Å²) in [5.74, 6) is 0. The van der Waals surface area contributed by atoms with E-state index >= 15 is 0 Å². The molecule has 1 aromatic carbocycles. The topological polar surface area (TPSA) is 26.0 Å². The van der Waals surface area contributed by atoms with Crippen molar-refractivity contribution >= 4 is 22.0 Å². The van der Waals surface area contributed by atoms with Crippen LogP contribution in [0.15, 0.2) is 28.7 Å². The molecule has 0 bridgehead atoms. The maximum atomic E-state index is 5.39. The maximum absolute atomic E-state index is 5.39. The van der Waals surface area contributed by atoms with Gasteiger partial charge < -0.3 is 5.73 Å². The molecule has 2 N–H and O–H groups in total. The van der Waals surface area contributed by atoms with E-state index in [4.69, 9.17) is 5.73 Å². The van der Waals surface area contributed by atoms with Gasteiger partial charge in [0.1, 0.15) is 0 Å². The predicted octanol–water partition coefficient (Wildman–Crippen LogP) is 3.12. The van der Waals surface area contributed by atoms with E-state index in [1.54, 1.807) is 0 Å². The van der Waals surface area contributed by atoms with E-state index in [2.05, 4.69) is 53.2 Å². The van der Waals surface area contributed by atoms with Crippen LogP contribution in [0.2, 0.25) is 0 Å². The number of nitrogens with two attached hydrogens (primary N) is 1. The first-order valence-corrected chi connectivity index (χ1v) is 5.16. The van der Waals surface area contributed by atoms with E-state index in [0.29, 0.717) is 6.54 Å². The van der Waals surface area contributed by atoms with Gasteiger partial charge in [-0.2, -0.15) is 0 Å². The Balaban J connectivity index is 2.77. The molecule has 13 heavy (non-hydrogen) atoms. The highest BCUT2D eigenvalue weighted by Gasteiger charge is 1.94. The summed E-state index contributed by atoms with van der Waals surface area (Å²) < 4.78 is 1.14. The van der Waals surface area contributed by atoms with Crippen molar-refractivity contribution < 1.29 is 0 Å². The number of hydrogen-bond acceptors (Lipinski definition) is 1. The Morgan fingerprint density at radius 3 is 2.85 bits per heavy atom. The summed E-state index contributed by atoms with van der Waals surface area (Å²) >= 11 is 3.52. The van der Waals surface area contributed by atoms with E-state index in [0.717, 1.165) is 10.9 Å². The molecule has 1 rings (SSSR count). The van der Waals surface area contributed by atoms with Crippen LogP contribution in [0.5, 0.6) is 0 Å². The first-order chi connectivity index (χ1) is 6.24. The molecule has 0 aliphatic rings. The van der Waals surface area contributed by atoms with Gasteiger partial charge in [-0.25, -0.2) is 0 Å². The Bertz CT molecular complexity index is 305. The largest absolute Gasteiger partial charge is 0.330 e. The molecule has 0 heterocycles. The Morgan fingerprint density at radius 2 is 2.23 bits per heavy atom. The third kappa shape index (κ3) is 3.33.